The molecule has 0 saturated carbocycles. The van der Waals surface area contributed by atoms with Gasteiger partial charge in [-0.2, -0.15) is 0 Å². The highest BCUT2D eigenvalue weighted by molar-refractivity contribution is 6.31. The molecule has 0 radical (unpaired) electrons. The minimum Gasteiger partial charge on any atom is -0.490 e. The molecule has 170 valence electrons. The van der Waals surface area contributed by atoms with Crippen molar-refractivity contribution in [3.63, 3.8) is 0 Å². The van der Waals surface area contributed by atoms with Crippen molar-refractivity contribution in [3.8, 4) is 11.5 Å². The zero-order valence-electron chi connectivity index (χ0n) is 18.0. The van der Waals surface area contributed by atoms with Gasteiger partial charge in [0.15, 0.2) is 11.5 Å². The zero-order valence-corrected chi connectivity index (χ0v) is 18.7. The maximum absolute atomic E-state index is 9.12. The predicted molar refractivity (Wildman–Crippen MR) is 126 cm³/mol. The van der Waals surface area contributed by atoms with Gasteiger partial charge < -0.3 is 29.9 Å². The minimum absolute atomic E-state index is 0.0434. The van der Waals surface area contributed by atoms with E-state index in [0.29, 0.717) is 42.6 Å². The Bertz CT molecular complexity index is 1100. The van der Waals surface area contributed by atoms with E-state index in [-0.39, 0.29) is 13.2 Å². The molecule has 9 heteroatoms. The van der Waals surface area contributed by atoms with E-state index in [9.17, 15) is 0 Å². The lowest BCUT2D eigenvalue weighted by atomic mass is 10.1. The van der Waals surface area contributed by atoms with Crippen LogP contribution in [0.25, 0.3) is 10.9 Å². The number of hydrogen-bond donors (Lipinski definition) is 3. The molecular formula is C23H27ClN4O4. The molecule has 0 spiro atoms. The molecule has 3 N–H and O–H groups in total. The van der Waals surface area contributed by atoms with Crippen molar-refractivity contribution in [2.75, 3.05) is 50.2 Å². The molecule has 8 nitrogen and oxygen atoms in total. The molecule has 0 bridgehead atoms. The van der Waals surface area contributed by atoms with Crippen LogP contribution >= 0.6 is 11.6 Å². The molecule has 0 saturated heterocycles. The Morgan fingerprint density at radius 2 is 1.75 bits per heavy atom. The molecule has 2 aromatic carbocycles. The maximum Gasteiger partial charge on any atom is 0.163 e. The van der Waals surface area contributed by atoms with Crippen LogP contribution in [0.2, 0.25) is 5.02 Å². The van der Waals surface area contributed by atoms with Crippen molar-refractivity contribution in [2.24, 2.45) is 0 Å². The third-order valence-electron chi connectivity index (χ3n) is 5.39. The van der Waals surface area contributed by atoms with Gasteiger partial charge in [0, 0.05) is 73.1 Å². The predicted octanol–water partition coefficient (Wildman–Crippen LogP) is 3.54. The van der Waals surface area contributed by atoms with Crippen LogP contribution in [-0.4, -0.2) is 60.2 Å². The molecule has 0 fully saturated rings. The first-order valence-electron chi connectivity index (χ1n) is 10.7. The first-order valence-corrected chi connectivity index (χ1v) is 11.1. The number of nitrogens with zero attached hydrogens (tertiary/aromatic N) is 3. The fourth-order valence-corrected chi connectivity index (χ4v) is 4.11. The second-order valence-electron chi connectivity index (χ2n) is 7.47. The lowest BCUT2D eigenvalue weighted by molar-refractivity contribution is 0.211. The van der Waals surface area contributed by atoms with Crippen molar-refractivity contribution in [2.45, 2.75) is 19.3 Å². The Kier molecular flexibility index (Phi) is 7.14. The van der Waals surface area contributed by atoms with Crippen LogP contribution in [0.1, 0.15) is 18.4 Å². The van der Waals surface area contributed by atoms with E-state index in [2.05, 4.69) is 20.2 Å². The number of hydrogen-bond acceptors (Lipinski definition) is 8. The number of halogens is 1. The summed E-state index contributed by atoms with van der Waals surface area (Å²) in [7, 11) is 1.89. The first kappa shape index (κ1) is 22.4. The van der Waals surface area contributed by atoms with Gasteiger partial charge in [-0.3, -0.25) is 0 Å². The van der Waals surface area contributed by atoms with Gasteiger partial charge in [0.1, 0.15) is 12.1 Å². The summed E-state index contributed by atoms with van der Waals surface area (Å²) in [5, 5.41) is 22.9. The van der Waals surface area contributed by atoms with Crippen LogP contribution in [0, 0.1) is 0 Å². The molecule has 32 heavy (non-hydrogen) atoms. The minimum atomic E-state index is 0.0434. The van der Waals surface area contributed by atoms with E-state index < -0.39 is 0 Å². The summed E-state index contributed by atoms with van der Waals surface area (Å²) < 4.78 is 11.7. The lowest BCUT2D eigenvalue weighted by Gasteiger charge is -2.21. The number of aliphatic hydroxyl groups excluding tert-OH is 2. The Morgan fingerprint density at radius 3 is 2.44 bits per heavy atom. The number of aromatic nitrogens is 2. The van der Waals surface area contributed by atoms with E-state index in [1.54, 1.807) is 6.33 Å². The number of fused-ring (bicyclic) bond motifs is 2. The van der Waals surface area contributed by atoms with E-state index in [4.69, 9.17) is 31.3 Å². The molecule has 0 atom stereocenters. The van der Waals surface area contributed by atoms with Gasteiger partial charge in [-0.05, 0) is 24.6 Å². The second kappa shape index (κ2) is 10.2. The third kappa shape index (κ3) is 4.53. The number of rotatable bonds is 10. The maximum atomic E-state index is 9.12. The summed E-state index contributed by atoms with van der Waals surface area (Å²) in [6.45, 7) is 1.58. The molecular weight excluding hydrogens is 432 g/mol. The van der Waals surface area contributed by atoms with Crippen LogP contribution in [0.15, 0.2) is 30.6 Å². The highest BCUT2D eigenvalue weighted by atomic mass is 35.5. The Labute approximate surface area is 191 Å². The smallest absolute Gasteiger partial charge is 0.163 e. The van der Waals surface area contributed by atoms with Gasteiger partial charge in [-0.15, -0.1) is 0 Å². The van der Waals surface area contributed by atoms with E-state index in [1.165, 1.54) is 5.56 Å². The van der Waals surface area contributed by atoms with E-state index in [1.807, 2.05) is 31.3 Å². The molecule has 1 aliphatic heterocycles. The van der Waals surface area contributed by atoms with Crippen molar-refractivity contribution in [1.29, 1.82) is 0 Å². The van der Waals surface area contributed by atoms with Crippen molar-refractivity contribution in [1.82, 2.24) is 9.97 Å². The lowest BCUT2D eigenvalue weighted by Crippen LogP contribution is -2.15. The summed E-state index contributed by atoms with van der Waals surface area (Å²) in [4.78, 5) is 11.2. The molecule has 1 aromatic heterocycles. The van der Waals surface area contributed by atoms with Crippen LogP contribution in [0.4, 0.5) is 17.2 Å². The summed E-state index contributed by atoms with van der Waals surface area (Å²) in [5.74, 6) is 1.88. The fraction of sp³-hybridized carbons (Fsp3) is 0.391. The molecule has 2 heterocycles. The SMILES string of the molecule is CNc1cc(Cl)cc2c1CCN2c1ncnc2cc(OCCCO)c(OCCCO)cc12. The van der Waals surface area contributed by atoms with Crippen molar-refractivity contribution >= 4 is 39.7 Å². The summed E-state index contributed by atoms with van der Waals surface area (Å²) >= 11 is 6.38. The monoisotopic (exact) mass is 458 g/mol. The van der Waals surface area contributed by atoms with Gasteiger partial charge in [0.25, 0.3) is 0 Å². The van der Waals surface area contributed by atoms with Crippen LogP contribution in [-0.2, 0) is 6.42 Å². The second-order valence-corrected chi connectivity index (χ2v) is 7.90. The van der Waals surface area contributed by atoms with Crippen molar-refractivity contribution in [3.05, 3.63) is 41.2 Å². The summed E-state index contributed by atoms with van der Waals surface area (Å²) in [6, 6.07) is 7.62. The molecule has 4 rings (SSSR count). The number of anilines is 3. The zero-order chi connectivity index (χ0) is 22.5. The third-order valence-corrected chi connectivity index (χ3v) is 5.61. The van der Waals surface area contributed by atoms with Crippen LogP contribution in [0.3, 0.4) is 0 Å². The quantitative estimate of drug-likeness (QED) is 0.397. The van der Waals surface area contributed by atoms with Gasteiger partial charge in [-0.1, -0.05) is 11.6 Å². The highest BCUT2D eigenvalue weighted by Crippen LogP contribution is 2.43. The van der Waals surface area contributed by atoms with Crippen LogP contribution < -0.4 is 19.7 Å². The Morgan fingerprint density at radius 1 is 1.03 bits per heavy atom. The van der Waals surface area contributed by atoms with E-state index in [0.717, 1.165) is 41.1 Å². The van der Waals surface area contributed by atoms with Gasteiger partial charge in [0.2, 0.25) is 0 Å². The Balaban J connectivity index is 1.77. The van der Waals surface area contributed by atoms with Gasteiger partial charge in [0.05, 0.1) is 18.7 Å². The summed E-state index contributed by atoms with van der Waals surface area (Å²) in [5.41, 5.74) is 3.97. The fourth-order valence-electron chi connectivity index (χ4n) is 3.90. The normalized spacial score (nSPS) is 12.8. The standard InChI is InChI=1S/C23H27ClN4O4/c1-25-18-10-15(24)11-20-16(18)4-5-28(20)23-17-12-21(31-8-2-6-29)22(32-9-3-7-30)13-19(17)26-14-27-23/h10-14,25,29-30H,2-9H2,1H3. The molecule has 0 unspecified atom stereocenters. The topological polar surface area (TPSA) is 100.0 Å². The average molecular weight is 459 g/mol. The number of ether oxygens (including phenoxy) is 2. The van der Waals surface area contributed by atoms with E-state index >= 15 is 0 Å². The van der Waals surface area contributed by atoms with Crippen LogP contribution in [0.5, 0.6) is 11.5 Å². The molecule has 0 amide bonds. The average Bonchev–Trinajstić information content (AvgIpc) is 3.22. The van der Waals surface area contributed by atoms with Gasteiger partial charge in [-0.25, -0.2) is 9.97 Å². The number of benzene rings is 2. The number of aliphatic hydroxyl groups is 2. The highest BCUT2D eigenvalue weighted by Gasteiger charge is 2.26. The summed E-state index contributed by atoms with van der Waals surface area (Å²) in [6.07, 6.45) is 3.44. The largest absolute Gasteiger partial charge is 0.490 e. The van der Waals surface area contributed by atoms with Crippen molar-refractivity contribution < 1.29 is 19.7 Å². The first-order chi connectivity index (χ1) is 15.7. The molecule has 1 aliphatic rings. The molecule has 3 aromatic rings. The van der Waals surface area contributed by atoms with Gasteiger partial charge >= 0.3 is 0 Å². The Hall–Kier alpha value is -2.81. The molecule has 0 aliphatic carbocycles. The number of nitrogens with one attached hydrogen (secondary N) is 1.